The molecule has 0 unspecified atom stereocenters. The van der Waals surface area contributed by atoms with Gasteiger partial charge in [0.15, 0.2) is 0 Å². The molecule has 2 aromatic rings. The van der Waals surface area contributed by atoms with Gasteiger partial charge < -0.3 is 5.32 Å². The van der Waals surface area contributed by atoms with Crippen LogP contribution in [0, 0.1) is 17.0 Å². The van der Waals surface area contributed by atoms with E-state index in [-0.39, 0.29) is 23.1 Å². The Balaban J connectivity index is 2.41. The maximum Gasteiger partial charge on any atom is 0.332 e. The number of benzene rings is 1. The van der Waals surface area contributed by atoms with Crippen molar-refractivity contribution in [2.24, 2.45) is 5.84 Å². The molecule has 0 saturated carbocycles. The van der Waals surface area contributed by atoms with E-state index in [0.717, 1.165) is 6.42 Å². The number of nitrogen functional groups attached to an aromatic ring is 1. The molecule has 0 fully saturated rings. The van der Waals surface area contributed by atoms with Gasteiger partial charge in [-0.25, -0.2) is 10.8 Å². The Kier molecular flexibility index (Phi) is 4.29. The first-order chi connectivity index (χ1) is 10.0. The predicted molar refractivity (Wildman–Crippen MR) is 80.3 cm³/mol. The molecule has 0 bridgehead atoms. The molecule has 8 nitrogen and oxygen atoms in total. The second-order valence-electron chi connectivity index (χ2n) is 4.41. The number of nitrogens with one attached hydrogen (secondary N) is 2. The van der Waals surface area contributed by atoms with Crippen LogP contribution in [0.3, 0.4) is 0 Å². The van der Waals surface area contributed by atoms with Crippen LogP contribution in [0.25, 0.3) is 0 Å². The zero-order valence-corrected chi connectivity index (χ0v) is 11.8. The van der Waals surface area contributed by atoms with Gasteiger partial charge in [0.25, 0.3) is 0 Å². The summed E-state index contributed by atoms with van der Waals surface area (Å²) in [6, 6.07) is 7.58. The second kappa shape index (κ2) is 6.14. The van der Waals surface area contributed by atoms with Gasteiger partial charge in [-0.2, -0.15) is 4.98 Å². The van der Waals surface area contributed by atoms with Crippen LogP contribution in [0.1, 0.15) is 18.2 Å². The Morgan fingerprint density at radius 1 is 1.29 bits per heavy atom. The van der Waals surface area contributed by atoms with Crippen molar-refractivity contribution in [3.05, 3.63) is 45.6 Å². The Labute approximate surface area is 121 Å². The average molecular weight is 288 g/mol. The van der Waals surface area contributed by atoms with Gasteiger partial charge in [0.1, 0.15) is 5.69 Å². The molecule has 2 rings (SSSR count). The van der Waals surface area contributed by atoms with Gasteiger partial charge in [0, 0.05) is 5.69 Å². The summed E-state index contributed by atoms with van der Waals surface area (Å²) in [5, 5.41) is 14.1. The molecule has 0 aliphatic carbocycles. The molecule has 1 heterocycles. The highest BCUT2D eigenvalue weighted by molar-refractivity contribution is 5.68. The van der Waals surface area contributed by atoms with E-state index in [1.807, 2.05) is 24.3 Å². The van der Waals surface area contributed by atoms with Gasteiger partial charge in [-0.05, 0) is 31.0 Å². The fraction of sp³-hybridized carbons (Fsp3) is 0.231. The topological polar surface area (TPSA) is 119 Å². The van der Waals surface area contributed by atoms with Gasteiger partial charge in [-0.15, -0.1) is 0 Å². The van der Waals surface area contributed by atoms with Crippen LogP contribution in [0.15, 0.2) is 24.3 Å². The summed E-state index contributed by atoms with van der Waals surface area (Å²) in [4.78, 5) is 18.6. The monoisotopic (exact) mass is 288 g/mol. The third kappa shape index (κ3) is 3.23. The van der Waals surface area contributed by atoms with Crippen LogP contribution in [-0.4, -0.2) is 14.9 Å². The predicted octanol–water partition coefficient (Wildman–Crippen LogP) is 2.28. The van der Waals surface area contributed by atoms with Crippen molar-refractivity contribution in [3.8, 4) is 0 Å². The highest BCUT2D eigenvalue weighted by atomic mass is 16.6. The fourth-order valence-electron chi connectivity index (χ4n) is 1.90. The third-order valence-corrected chi connectivity index (χ3v) is 2.99. The quantitative estimate of drug-likeness (QED) is 0.438. The first-order valence-corrected chi connectivity index (χ1v) is 6.40. The van der Waals surface area contributed by atoms with Crippen LogP contribution in [-0.2, 0) is 6.42 Å². The van der Waals surface area contributed by atoms with E-state index in [1.165, 1.54) is 12.5 Å². The number of nitrogens with two attached hydrogens (primary N) is 1. The zero-order valence-electron chi connectivity index (χ0n) is 11.8. The molecular weight excluding hydrogens is 272 g/mol. The minimum absolute atomic E-state index is 0.102. The molecule has 21 heavy (non-hydrogen) atoms. The van der Waals surface area contributed by atoms with Crippen molar-refractivity contribution in [2.45, 2.75) is 20.3 Å². The van der Waals surface area contributed by atoms with Gasteiger partial charge in [0.2, 0.25) is 11.8 Å². The van der Waals surface area contributed by atoms with E-state index < -0.39 is 4.92 Å². The maximum absolute atomic E-state index is 11.2. The maximum atomic E-state index is 11.2. The number of hydrazine groups is 1. The molecule has 0 amide bonds. The molecule has 110 valence electrons. The normalized spacial score (nSPS) is 10.2. The smallest absolute Gasteiger partial charge is 0.332 e. The number of aromatic nitrogens is 2. The van der Waals surface area contributed by atoms with Gasteiger partial charge in [-0.3, -0.25) is 15.5 Å². The number of nitrogens with zero attached hydrogens (tertiary/aromatic N) is 3. The van der Waals surface area contributed by atoms with Crippen LogP contribution >= 0.6 is 0 Å². The minimum Gasteiger partial charge on any atom is -0.334 e. The van der Waals surface area contributed by atoms with Crippen LogP contribution in [0.2, 0.25) is 0 Å². The molecule has 8 heteroatoms. The van der Waals surface area contributed by atoms with E-state index in [9.17, 15) is 10.1 Å². The van der Waals surface area contributed by atoms with Crippen molar-refractivity contribution in [3.63, 3.8) is 0 Å². The van der Waals surface area contributed by atoms with Crippen molar-refractivity contribution in [2.75, 3.05) is 10.7 Å². The summed E-state index contributed by atoms with van der Waals surface area (Å²) in [6.07, 6.45) is 0.925. The number of nitro groups is 1. The molecule has 0 aliphatic heterocycles. The number of aryl methyl sites for hydroxylation is 2. The summed E-state index contributed by atoms with van der Waals surface area (Å²) in [6.45, 7) is 3.59. The SMILES string of the molecule is CCc1ccc(Nc2nc(NN)nc(C)c2[N+](=O)[O-])cc1. The van der Waals surface area contributed by atoms with Gasteiger partial charge in [0.05, 0.1) is 4.92 Å². The van der Waals surface area contributed by atoms with Crippen molar-refractivity contribution in [1.82, 2.24) is 9.97 Å². The molecule has 0 radical (unpaired) electrons. The summed E-state index contributed by atoms with van der Waals surface area (Å²) < 4.78 is 0. The van der Waals surface area contributed by atoms with Crippen LogP contribution in [0.5, 0.6) is 0 Å². The Morgan fingerprint density at radius 3 is 2.48 bits per heavy atom. The molecular formula is C13H16N6O2. The number of hydrogen-bond donors (Lipinski definition) is 3. The molecule has 4 N–H and O–H groups in total. The molecule has 1 aromatic carbocycles. The number of rotatable bonds is 5. The minimum atomic E-state index is -0.515. The highest BCUT2D eigenvalue weighted by Crippen LogP contribution is 2.29. The van der Waals surface area contributed by atoms with E-state index >= 15 is 0 Å². The Bertz CT molecular complexity index is 656. The number of anilines is 3. The fourth-order valence-corrected chi connectivity index (χ4v) is 1.90. The lowest BCUT2D eigenvalue weighted by molar-refractivity contribution is -0.385. The summed E-state index contributed by atoms with van der Waals surface area (Å²) >= 11 is 0. The summed E-state index contributed by atoms with van der Waals surface area (Å²) in [5.74, 6) is 5.49. The third-order valence-electron chi connectivity index (χ3n) is 2.99. The van der Waals surface area contributed by atoms with E-state index in [0.29, 0.717) is 5.69 Å². The molecule has 1 aromatic heterocycles. The Morgan fingerprint density at radius 2 is 1.95 bits per heavy atom. The molecule has 0 aliphatic rings. The van der Waals surface area contributed by atoms with E-state index in [2.05, 4.69) is 27.6 Å². The van der Waals surface area contributed by atoms with E-state index in [4.69, 9.17) is 5.84 Å². The van der Waals surface area contributed by atoms with Crippen LogP contribution < -0.4 is 16.6 Å². The Hall–Kier alpha value is -2.74. The summed E-state index contributed by atoms with van der Waals surface area (Å²) in [5.41, 5.74) is 4.24. The van der Waals surface area contributed by atoms with Crippen molar-refractivity contribution >= 4 is 23.1 Å². The van der Waals surface area contributed by atoms with Gasteiger partial charge >= 0.3 is 5.69 Å². The lowest BCUT2D eigenvalue weighted by atomic mass is 10.1. The van der Waals surface area contributed by atoms with E-state index in [1.54, 1.807) is 0 Å². The molecule has 0 saturated heterocycles. The van der Waals surface area contributed by atoms with Crippen molar-refractivity contribution < 1.29 is 4.92 Å². The lowest BCUT2D eigenvalue weighted by Crippen LogP contribution is -2.13. The van der Waals surface area contributed by atoms with Crippen LogP contribution in [0.4, 0.5) is 23.1 Å². The first-order valence-electron chi connectivity index (χ1n) is 6.40. The first kappa shape index (κ1) is 14.7. The summed E-state index contributed by atoms with van der Waals surface area (Å²) in [7, 11) is 0. The zero-order chi connectivity index (χ0) is 15.4. The van der Waals surface area contributed by atoms with Gasteiger partial charge in [-0.1, -0.05) is 19.1 Å². The highest BCUT2D eigenvalue weighted by Gasteiger charge is 2.22. The standard InChI is InChI=1S/C13H16N6O2/c1-3-9-4-6-10(7-5-9)16-12-11(19(20)21)8(2)15-13(17-12)18-14/h4-7H,3,14H2,1-2H3,(H2,15,16,17,18). The second-order valence-corrected chi connectivity index (χ2v) is 4.41. The largest absolute Gasteiger partial charge is 0.334 e. The molecule has 0 atom stereocenters. The number of hydrogen-bond acceptors (Lipinski definition) is 7. The molecule has 0 spiro atoms. The average Bonchev–Trinajstić information content (AvgIpc) is 2.47. The lowest BCUT2D eigenvalue weighted by Gasteiger charge is -2.09. The van der Waals surface area contributed by atoms with Crippen molar-refractivity contribution in [1.29, 1.82) is 0 Å².